The second-order valence-electron chi connectivity index (χ2n) is 3.06. The molecule has 1 aliphatic rings. The van der Waals surface area contributed by atoms with Crippen molar-refractivity contribution in [2.24, 2.45) is 0 Å². The van der Waals surface area contributed by atoms with Gasteiger partial charge in [0.1, 0.15) is 6.10 Å². The maximum absolute atomic E-state index is 9.57. The van der Waals surface area contributed by atoms with Crippen LogP contribution in [0.4, 0.5) is 5.13 Å². The van der Waals surface area contributed by atoms with E-state index in [1.165, 1.54) is 0 Å². The number of rotatable bonds is 2. The lowest BCUT2D eigenvalue weighted by molar-refractivity contribution is 0.0217. The Morgan fingerprint density at radius 3 is 3.08 bits per heavy atom. The number of anilines is 1. The Morgan fingerprint density at radius 2 is 2.54 bits per heavy atom. The number of hydrogen-bond donors (Lipinski definition) is 1. The van der Waals surface area contributed by atoms with Crippen LogP contribution < -0.4 is 4.90 Å². The molecule has 0 radical (unpaired) electrons. The van der Waals surface area contributed by atoms with Gasteiger partial charge in [-0.05, 0) is 0 Å². The molecule has 13 heavy (non-hydrogen) atoms. The Kier molecular flexibility index (Phi) is 2.48. The van der Waals surface area contributed by atoms with Gasteiger partial charge in [0.15, 0.2) is 5.13 Å². The number of hydrogen-bond acceptors (Lipinski definition) is 5. The highest BCUT2D eigenvalue weighted by atomic mass is 32.1. The minimum Gasteiger partial charge on any atom is -0.388 e. The first kappa shape index (κ1) is 8.93. The highest BCUT2D eigenvalue weighted by molar-refractivity contribution is 7.13. The molecule has 0 aliphatic carbocycles. The van der Waals surface area contributed by atoms with E-state index in [0.717, 1.165) is 11.7 Å². The minimum absolute atomic E-state index is 0.0797. The molecule has 1 N–H and O–H groups in total. The number of ether oxygens (including phenoxy) is 1. The van der Waals surface area contributed by atoms with Gasteiger partial charge < -0.3 is 14.7 Å². The Morgan fingerprint density at radius 1 is 1.69 bits per heavy atom. The van der Waals surface area contributed by atoms with Crippen molar-refractivity contribution in [3.05, 3.63) is 11.6 Å². The van der Waals surface area contributed by atoms with E-state index in [1.807, 2.05) is 10.3 Å². The van der Waals surface area contributed by atoms with E-state index in [4.69, 9.17) is 4.74 Å². The lowest BCUT2D eigenvalue weighted by atomic mass is 10.3. The van der Waals surface area contributed by atoms with Gasteiger partial charge in [0.05, 0.1) is 6.10 Å². The Bertz CT molecular complexity index is 265. The van der Waals surface area contributed by atoms with Crippen LogP contribution in [0.25, 0.3) is 0 Å². The fourth-order valence-corrected chi connectivity index (χ4v) is 2.18. The normalized spacial score (nSPS) is 28.3. The molecule has 72 valence electrons. The third-order valence-corrected chi connectivity index (χ3v) is 3.06. The second-order valence-corrected chi connectivity index (χ2v) is 3.93. The first-order valence-electron chi connectivity index (χ1n) is 4.16. The van der Waals surface area contributed by atoms with Crippen LogP contribution in [0, 0.1) is 0 Å². The summed E-state index contributed by atoms with van der Waals surface area (Å²) in [4.78, 5) is 6.22. The van der Waals surface area contributed by atoms with Crippen LogP contribution in [0.5, 0.6) is 0 Å². The van der Waals surface area contributed by atoms with Gasteiger partial charge in [-0.15, -0.1) is 11.3 Å². The molecule has 5 heteroatoms. The molecule has 0 unspecified atom stereocenters. The number of aliphatic hydroxyl groups excluding tert-OH is 1. The molecule has 2 heterocycles. The van der Waals surface area contributed by atoms with Crippen molar-refractivity contribution >= 4 is 16.5 Å². The molecule has 1 fully saturated rings. The predicted molar refractivity (Wildman–Crippen MR) is 51.1 cm³/mol. The Balaban J connectivity index is 2.05. The van der Waals surface area contributed by atoms with Gasteiger partial charge in [-0.3, -0.25) is 0 Å². The van der Waals surface area contributed by atoms with Crippen molar-refractivity contribution in [2.75, 3.05) is 25.1 Å². The number of aliphatic hydroxyl groups is 1. The first-order chi connectivity index (χ1) is 6.31. The number of nitrogens with zero attached hydrogens (tertiary/aromatic N) is 2. The van der Waals surface area contributed by atoms with Gasteiger partial charge in [0.2, 0.25) is 0 Å². The van der Waals surface area contributed by atoms with Crippen LogP contribution in [0.1, 0.15) is 0 Å². The molecule has 1 aromatic rings. The van der Waals surface area contributed by atoms with Crippen LogP contribution in [-0.2, 0) is 4.74 Å². The fraction of sp³-hybridized carbons (Fsp3) is 0.625. The maximum Gasteiger partial charge on any atom is 0.185 e. The van der Waals surface area contributed by atoms with Crippen LogP contribution >= 0.6 is 11.3 Å². The summed E-state index contributed by atoms with van der Waals surface area (Å²) in [5, 5.41) is 12.5. The van der Waals surface area contributed by atoms with Gasteiger partial charge >= 0.3 is 0 Å². The fourth-order valence-electron chi connectivity index (χ4n) is 1.52. The van der Waals surface area contributed by atoms with Crippen molar-refractivity contribution in [2.45, 2.75) is 12.2 Å². The first-order valence-corrected chi connectivity index (χ1v) is 5.04. The molecular weight excluding hydrogens is 188 g/mol. The standard InChI is InChI=1S/C8H12N2O2S/c1-12-7-5-10(4-6(7)11)8-9-2-3-13-8/h2-3,6-7,11H,4-5H2,1H3/t6-,7-/m1/s1. The lowest BCUT2D eigenvalue weighted by Crippen LogP contribution is -2.25. The third kappa shape index (κ3) is 1.67. The zero-order valence-corrected chi connectivity index (χ0v) is 8.20. The summed E-state index contributed by atoms with van der Waals surface area (Å²) in [5.41, 5.74) is 0. The van der Waals surface area contributed by atoms with Gasteiger partial charge in [0, 0.05) is 31.8 Å². The van der Waals surface area contributed by atoms with Crippen molar-refractivity contribution in [1.82, 2.24) is 4.98 Å². The summed E-state index contributed by atoms with van der Waals surface area (Å²) >= 11 is 1.58. The lowest BCUT2D eigenvalue weighted by Gasteiger charge is -2.12. The second kappa shape index (κ2) is 3.61. The number of β-amino-alcohol motifs (C(OH)–C–C–N with tert-alkyl or cyclic N) is 1. The average molecular weight is 200 g/mol. The highest BCUT2D eigenvalue weighted by Crippen LogP contribution is 2.23. The topological polar surface area (TPSA) is 45.6 Å². The van der Waals surface area contributed by atoms with Gasteiger partial charge in [-0.25, -0.2) is 4.98 Å². The summed E-state index contributed by atoms with van der Waals surface area (Å²) < 4.78 is 5.14. The van der Waals surface area contributed by atoms with Crippen molar-refractivity contribution in [3.8, 4) is 0 Å². The zero-order valence-electron chi connectivity index (χ0n) is 7.38. The zero-order chi connectivity index (χ0) is 9.26. The molecule has 0 aromatic carbocycles. The van der Waals surface area contributed by atoms with E-state index < -0.39 is 6.10 Å². The van der Waals surface area contributed by atoms with E-state index >= 15 is 0 Å². The van der Waals surface area contributed by atoms with E-state index in [-0.39, 0.29) is 6.10 Å². The maximum atomic E-state index is 9.57. The molecule has 2 atom stereocenters. The molecule has 1 aliphatic heterocycles. The number of aromatic nitrogens is 1. The molecular formula is C8H12N2O2S. The predicted octanol–water partition coefficient (Wildman–Crippen LogP) is 0.339. The smallest absolute Gasteiger partial charge is 0.185 e. The quantitative estimate of drug-likeness (QED) is 0.747. The average Bonchev–Trinajstić information content (AvgIpc) is 2.71. The monoisotopic (exact) mass is 200 g/mol. The van der Waals surface area contributed by atoms with Crippen LogP contribution in [0.15, 0.2) is 11.6 Å². The van der Waals surface area contributed by atoms with Gasteiger partial charge in [0.25, 0.3) is 0 Å². The van der Waals surface area contributed by atoms with Gasteiger partial charge in [-0.2, -0.15) is 0 Å². The van der Waals surface area contributed by atoms with Gasteiger partial charge in [-0.1, -0.05) is 0 Å². The summed E-state index contributed by atoms with van der Waals surface area (Å²) in [5.74, 6) is 0. The summed E-state index contributed by atoms with van der Waals surface area (Å²) in [7, 11) is 1.62. The summed E-state index contributed by atoms with van der Waals surface area (Å²) in [6.45, 7) is 1.34. The SMILES string of the molecule is CO[C@@H]1CN(c2nccs2)C[C@H]1O. The minimum atomic E-state index is -0.395. The van der Waals surface area contributed by atoms with Crippen LogP contribution in [0.3, 0.4) is 0 Å². The van der Waals surface area contributed by atoms with E-state index in [9.17, 15) is 5.11 Å². The van der Waals surface area contributed by atoms with E-state index in [1.54, 1.807) is 24.6 Å². The molecule has 0 saturated carbocycles. The Labute approximate surface area is 80.8 Å². The van der Waals surface area contributed by atoms with Crippen molar-refractivity contribution in [1.29, 1.82) is 0 Å². The van der Waals surface area contributed by atoms with Crippen molar-refractivity contribution in [3.63, 3.8) is 0 Å². The molecule has 0 bridgehead atoms. The summed E-state index contributed by atoms with van der Waals surface area (Å²) in [6.07, 6.45) is 1.30. The molecule has 0 amide bonds. The van der Waals surface area contributed by atoms with E-state index in [0.29, 0.717) is 6.54 Å². The molecule has 0 spiro atoms. The van der Waals surface area contributed by atoms with E-state index in [2.05, 4.69) is 4.98 Å². The number of methoxy groups -OCH3 is 1. The molecule has 2 rings (SSSR count). The van der Waals surface area contributed by atoms with Crippen LogP contribution in [-0.4, -0.2) is 42.5 Å². The van der Waals surface area contributed by atoms with Crippen LogP contribution in [0.2, 0.25) is 0 Å². The third-order valence-electron chi connectivity index (χ3n) is 2.23. The molecule has 4 nitrogen and oxygen atoms in total. The highest BCUT2D eigenvalue weighted by Gasteiger charge is 2.32. The summed E-state index contributed by atoms with van der Waals surface area (Å²) in [6, 6.07) is 0. The largest absolute Gasteiger partial charge is 0.388 e. The number of thiazole rings is 1. The van der Waals surface area contributed by atoms with Crippen molar-refractivity contribution < 1.29 is 9.84 Å². The molecule has 1 saturated heterocycles. The Hall–Kier alpha value is -0.650. The molecule has 1 aromatic heterocycles.